The van der Waals surface area contributed by atoms with E-state index in [2.05, 4.69) is 110 Å². The third-order valence-corrected chi connectivity index (χ3v) is 6.68. The van der Waals surface area contributed by atoms with E-state index < -0.39 is 0 Å². The average molecular weight is 511 g/mol. The Kier molecular flexibility index (Phi) is 11.6. The van der Waals surface area contributed by atoms with E-state index >= 15 is 0 Å². The normalized spacial score (nSPS) is 11.5. The molecule has 0 amide bonds. The van der Waals surface area contributed by atoms with E-state index in [-0.39, 0.29) is 0 Å². The number of anilines is 2. The van der Waals surface area contributed by atoms with E-state index in [4.69, 9.17) is 9.97 Å². The van der Waals surface area contributed by atoms with Crippen LogP contribution in [0.5, 0.6) is 0 Å². The summed E-state index contributed by atoms with van der Waals surface area (Å²) in [7, 11) is 0. The highest BCUT2D eigenvalue weighted by Gasteiger charge is 2.07. The van der Waals surface area contributed by atoms with E-state index in [1.165, 1.54) is 22.5 Å². The van der Waals surface area contributed by atoms with Gasteiger partial charge in [0.25, 0.3) is 0 Å². The average Bonchev–Trinajstić information content (AvgIpc) is 2.93. The first-order chi connectivity index (χ1) is 18.5. The Morgan fingerprint density at radius 3 is 1.11 bits per heavy atom. The quantitative estimate of drug-likeness (QED) is 0.217. The van der Waals surface area contributed by atoms with Gasteiger partial charge in [0.2, 0.25) is 0 Å². The van der Waals surface area contributed by atoms with Gasteiger partial charge in [-0.25, -0.2) is 9.97 Å². The van der Waals surface area contributed by atoms with Crippen LogP contribution in [0.15, 0.2) is 48.5 Å². The molecule has 0 aliphatic rings. The Balaban J connectivity index is 1.69. The molecule has 0 radical (unpaired) electrons. The number of nitrogens with zero attached hydrogens (tertiary/aromatic N) is 4. The summed E-state index contributed by atoms with van der Waals surface area (Å²) in [6.07, 6.45) is 13.0. The summed E-state index contributed by atoms with van der Waals surface area (Å²) in [6, 6.07) is 17.6. The highest BCUT2D eigenvalue weighted by atomic mass is 15.1. The zero-order valence-electron chi connectivity index (χ0n) is 24.4. The minimum atomic E-state index is 0.915. The summed E-state index contributed by atoms with van der Waals surface area (Å²) in [5.74, 6) is 0. The van der Waals surface area contributed by atoms with E-state index in [0.29, 0.717) is 0 Å². The number of hydrogen-bond donors (Lipinski definition) is 0. The summed E-state index contributed by atoms with van der Waals surface area (Å²) in [5, 5.41) is 0. The molecule has 0 aliphatic carbocycles. The van der Waals surface area contributed by atoms with Gasteiger partial charge in [0, 0.05) is 37.6 Å². The van der Waals surface area contributed by atoms with Gasteiger partial charge in [-0.05, 0) is 87.1 Å². The summed E-state index contributed by atoms with van der Waals surface area (Å²) in [5.41, 5.74) is 8.63. The zero-order chi connectivity index (χ0) is 27.3. The first-order valence-electron chi connectivity index (χ1n) is 14.4. The Bertz CT molecular complexity index is 1070. The molecule has 0 bridgehead atoms. The predicted octanol–water partition coefficient (Wildman–Crippen LogP) is 8.69. The molecule has 0 saturated heterocycles. The minimum absolute atomic E-state index is 0.915. The molecule has 4 nitrogen and oxygen atoms in total. The maximum Gasteiger partial charge on any atom is 0.0846 e. The molecule has 0 N–H and O–H groups in total. The lowest BCUT2D eigenvalue weighted by Crippen LogP contribution is -2.24. The van der Waals surface area contributed by atoms with Crippen molar-refractivity contribution >= 4 is 35.7 Å². The molecule has 0 unspecified atom stereocenters. The van der Waals surface area contributed by atoms with Crippen LogP contribution in [0.1, 0.15) is 87.3 Å². The van der Waals surface area contributed by atoms with Crippen molar-refractivity contribution in [1.82, 2.24) is 9.97 Å². The van der Waals surface area contributed by atoms with E-state index in [0.717, 1.165) is 74.6 Å². The van der Waals surface area contributed by atoms with Crippen molar-refractivity contribution in [2.75, 3.05) is 36.0 Å². The number of rotatable bonds is 14. The van der Waals surface area contributed by atoms with Crippen LogP contribution in [-0.2, 0) is 0 Å². The van der Waals surface area contributed by atoms with Crippen molar-refractivity contribution in [3.05, 3.63) is 82.4 Å². The van der Waals surface area contributed by atoms with Crippen LogP contribution in [0.2, 0.25) is 0 Å². The number of benzene rings is 2. The maximum atomic E-state index is 4.86. The largest absolute Gasteiger partial charge is 0.372 e. The van der Waals surface area contributed by atoms with Gasteiger partial charge in [-0.15, -0.1) is 0 Å². The lowest BCUT2D eigenvalue weighted by Gasteiger charge is -2.23. The highest BCUT2D eigenvalue weighted by Crippen LogP contribution is 2.20. The zero-order valence-corrected chi connectivity index (χ0v) is 24.4. The smallest absolute Gasteiger partial charge is 0.0846 e. The van der Waals surface area contributed by atoms with Crippen LogP contribution in [0, 0.1) is 13.8 Å². The monoisotopic (exact) mass is 510 g/mol. The lowest BCUT2D eigenvalue weighted by molar-refractivity contribution is 0.745. The van der Waals surface area contributed by atoms with Crippen LogP contribution >= 0.6 is 0 Å². The van der Waals surface area contributed by atoms with Gasteiger partial charge in [-0.2, -0.15) is 0 Å². The molecule has 0 fully saturated rings. The van der Waals surface area contributed by atoms with Crippen LogP contribution in [0.4, 0.5) is 11.4 Å². The molecule has 1 aromatic heterocycles. The SMILES string of the molecule is CCCN(CCC)c1ccc(/C=C/c2nc(C)c(/C=C/c3ccc(N(CCC)CCC)cc3)nc2C)cc1. The first-order valence-corrected chi connectivity index (χ1v) is 14.4. The van der Waals surface area contributed by atoms with Crippen molar-refractivity contribution in [1.29, 1.82) is 0 Å². The first kappa shape index (κ1) is 29.2. The molecule has 2 aromatic carbocycles. The second kappa shape index (κ2) is 15.1. The van der Waals surface area contributed by atoms with Crippen molar-refractivity contribution in [3.63, 3.8) is 0 Å². The van der Waals surface area contributed by atoms with Crippen molar-refractivity contribution in [3.8, 4) is 0 Å². The molecule has 202 valence electrons. The molecule has 4 heteroatoms. The fourth-order valence-corrected chi connectivity index (χ4v) is 4.72. The molecule has 0 atom stereocenters. The fraction of sp³-hybridized carbons (Fsp3) is 0.412. The third-order valence-electron chi connectivity index (χ3n) is 6.68. The van der Waals surface area contributed by atoms with E-state index in [1.807, 2.05) is 13.8 Å². The van der Waals surface area contributed by atoms with Crippen LogP contribution < -0.4 is 9.80 Å². The third kappa shape index (κ3) is 8.31. The molecule has 3 aromatic rings. The summed E-state index contributed by atoms with van der Waals surface area (Å²) >= 11 is 0. The van der Waals surface area contributed by atoms with Crippen molar-refractivity contribution < 1.29 is 0 Å². The van der Waals surface area contributed by atoms with Gasteiger partial charge in [0.1, 0.15) is 0 Å². The maximum absolute atomic E-state index is 4.86. The standard InChI is InChI=1S/C34H46N4/c1-7-23-37(24-8-2)31-17-11-29(12-18-31)15-21-33-27(5)36-34(28(6)35-33)22-16-30-13-19-32(20-14-30)38(25-9-3)26-10-4/h11-22H,7-10,23-26H2,1-6H3/b21-15+,22-16+. The van der Waals surface area contributed by atoms with Crippen LogP contribution in [-0.4, -0.2) is 36.1 Å². The Hall–Kier alpha value is -3.40. The topological polar surface area (TPSA) is 32.3 Å². The molecule has 0 spiro atoms. The number of aromatic nitrogens is 2. The molecule has 0 saturated carbocycles. The molecule has 0 aliphatic heterocycles. The van der Waals surface area contributed by atoms with Crippen LogP contribution in [0.25, 0.3) is 24.3 Å². The summed E-state index contributed by atoms with van der Waals surface area (Å²) in [4.78, 5) is 14.6. The van der Waals surface area contributed by atoms with Gasteiger partial charge in [-0.1, -0.05) is 64.1 Å². The highest BCUT2D eigenvalue weighted by molar-refractivity contribution is 5.72. The fourth-order valence-electron chi connectivity index (χ4n) is 4.72. The molecular formula is C34H46N4. The molecule has 38 heavy (non-hydrogen) atoms. The molecular weight excluding hydrogens is 464 g/mol. The van der Waals surface area contributed by atoms with Gasteiger partial charge < -0.3 is 9.80 Å². The van der Waals surface area contributed by atoms with E-state index in [9.17, 15) is 0 Å². The van der Waals surface area contributed by atoms with E-state index in [1.54, 1.807) is 0 Å². The second-order valence-corrected chi connectivity index (χ2v) is 9.99. The van der Waals surface area contributed by atoms with Gasteiger partial charge in [0.15, 0.2) is 0 Å². The summed E-state index contributed by atoms with van der Waals surface area (Å²) < 4.78 is 0. The Morgan fingerprint density at radius 2 is 0.816 bits per heavy atom. The number of aryl methyl sites for hydroxylation is 2. The minimum Gasteiger partial charge on any atom is -0.372 e. The Labute approximate surface area is 231 Å². The van der Waals surface area contributed by atoms with Crippen LogP contribution in [0.3, 0.4) is 0 Å². The van der Waals surface area contributed by atoms with Gasteiger partial charge >= 0.3 is 0 Å². The second-order valence-electron chi connectivity index (χ2n) is 9.99. The predicted molar refractivity (Wildman–Crippen MR) is 168 cm³/mol. The van der Waals surface area contributed by atoms with Crippen molar-refractivity contribution in [2.45, 2.75) is 67.2 Å². The van der Waals surface area contributed by atoms with Gasteiger partial charge in [-0.3, -0.25) is 0 Å². The van der Waals surface area contributed by atoms with Crippen molar-refractivity contribution in [2.24, 2.45) is 0 Å². The molecule has 1 heterocycles. The number of hydrogen-bond acceptors (Lipinski definition) is 4. The lowest BCUT2D eigenvalue weighted by atomic mass is 10.1. The van der Waals surface area contributed by atoms with Gasteiger partial charge in [0.05, 0.1) is 22.8 Å². The summed E-state index contributed by atoms with van der Waals surface area (Å²) in [6.45, 7) is 17.4. The molecule has 3 rings (SSSR count). The Morgan fingerprint density at radius 1 is 0.500 bits per heavy atom.